The van der Waals surface area contributed by atoms with Gasteiger partial charge >= 0.3 is 7.82 Å². The summed E-state index contributed by atoms with van der Waals surface area (Å²) in [5.41, 5.74) is 6.74. The van der Waals surface area contributed by atoms with E-state index in [1.54, 1.807) is 60.6 Å². The van der Waals surface area contributed by atoms with Crippen LogP contribution < -0.4 is 24.8 Å². The molecule has 1 aliphatic carbocycles. The minimum atomic E-state index is -5.08. The Bertz CT molecular complexity index is 3420. The van der Waals surface area contributed by atoms with Crippen molar-refractivity contribution in [3.8, 4) is 17.0 Å². The SMILES string of the molecule is [2H]C([2H])([2H])Oc1ncc(-c2ccnc(N3CCn4c(cc5c4CC(C)(C)C5)C3=O)c2[C@@H](C)O)cc1Nc1ccc(N2CCN(C3CCN(c4ccc5c(c4)C(=O)N(C4CCC(=O)N(C(C)OP(=O)(O)O)C4=O)C5=O)CC3)C[C@@H]2C)cn1. The molecule has 410 valence electrons. The summed E-state index contributed by atoms with van der Waals surface area (Å²) in [7, 11) is -7.90. The summed E-state index contributed by atoms with van der Waals surface area (Å²) in [6.07, 6.45) is 5.25. The summed E-state index contributed by atoms with van der Waals surface area (Å²) in [5, 5.41) is 14.6. The van der Waals surface area contributed by atoms with Gasteiger partial charge in [-0.25, -0.2) is 19.5 Å². The largest absolute Gasteiger partial charge is 0.480 e. The number of hydrogen-bond donors (Lipinski definition) is 4. The topological polar surface area (TPSA) is 257 Å². The number of methoxy groups -OCH3 is 1. The number of nitrogens with one attached hydrogen (secondary N) is 1. The van der Waals surface area contributed by atoms with Crippen LogP contribution in [0.4, 0.5) is 28.7 Å². The van der Waals surface area contributed by atoms with Crippen LogP contribution in [0, 0.1) is 5.41 Å². The molecule has 0 saturated carbocycles. The van der Waals surface area contributed by atoms with E-state index < -0.39 is 56.9 Å². The molecule has 0 spiro atoms. The number of benzene rings is 1. The molecular formula is C55H64N11O11P. The Morgan fingerprint density at radius 2 is 1.60 bits per heavy atom. The van der Waals surface area contributed by atoms with Gasteiger partial charge in [0.25, 0.3) is 23.6 Å². The number of carbonyl (C=O) groups excluding carboxylic acids is 5. The number of piperidine rings is 2. The van der Waals surface area contributed by atoms with Gasteiger partial charge in [-0.3, -0.25) is 48.1 Å². The zero-order chi connectivity index (χ0) is 57.6. The van der Waals surface area contributed by atoms with Crippen molar-refractivity contribution in [2.45, 2.75) is 110 Å². The van der Waals surface area contributed by atoms with E-state index in [2.05, 4.69) is 59.8 Å². The van der Waals surface area contributed by atoms with Crippen LogP contribution in [0.15, 0.2) is 67.1 Å². The molecule has 5 aliphatic heterocycles. The van der Waals surface area contributed by atoms with Crippen LogP contribution in [0.1, 0.15) is 119 Å². The number of pyridine rings is 3. The van der Waals surface area contributed by atoms with E-state index in [1.807, 2.05) is 12.1 Å². The zero-order valence-corrected chi connectivity index (χ0v) is 44.9. The third-order valence-electron chi connectivity index (χ3n) is 16.2. The second kappa shape index (κ2) is 20.3. The van der Waals surface area contributed by atoms with Crippen LogP contribution in [-0.2, 0) is 38.1 Å². The molecule has 4 aromatic heterocycles. The molecule has 4 atom stereocenters. The lowest BCUT2D eigenvalue weighted by Crippen LogP contribution is -2.58. The van der Waals surface area contributed by atoms with Gasteiger partial charge in [0, 0.05) is 99.2 Å². The number of anilines is 5. The number of likely N-dealkylation sites (tertiary alicyclic amines) is 1. The number of aromatic nitrogens is 4. The number of piperazine rings is 1. The van der Waals surface area contributed by atoms with E-state index in [4.69, 9.17) is 13.8 Å². The maximum absolute atomic E-state index is 14.2. The Balaban J connectivity index is 0.728. The molecule has 2 unspecified atom stereocenters. The third-order valence-corrected chi connectivity index (χ3v) is 16.7. The molecule has 0 bridgehead atoms. The second-order valence-corrected chi connectivity index (χ2v) is 23.1. The first-order valence-corrected chi connectivity index (χ1v) is 27.9. The summed E-state index contributed by atoms with van der Waals surface area (Å²) in [5.74, 6) is -2.71. The first-order valence-electron chi connectivity index (χ1n) is 27.8. The normalized spacial score (nSPS) is 22.5. The maximum atomic E-state index is 14.2. The number of ether oxygens (including phenoxy) is 1. The van der Waals surface area contributed by atoms with Crippen molar-refractivity contribution >= 4 is 66.1 Å². The number of nitrogens with zero attached hydrogens (tertiary/aromatic N) is 10. The highest BCUT2D eigenvalue weighted by molar-refractivity contribution is 7.46. The number of imide groups is 2. The van der Waals surface area contributed by atoms with Crippen LogP contribution in [-0.4, -0.2) is 149 Å². The highest BCUT2D eigenvalue weighted by atomic mass is 31.2. The maximum Gasteiger partial charge on any atom is 0.471 e. The number of fused-ring (bicyclic) bond motifs is 4. The molecule has 1 aromatic carbocycles. The van der Waals surface area contributed by atoms with Crippen LogP contribution in [0.3, 0.4) is 0 Å². The summed E-state index contributed by atoms with van der Waals surface area (Å²) in [6, 6.07) is 13.2. The zero-order valence-electron chi connectivity index (χ0n) is 47.0. The Hall–Kier alpha value is -7.07. The van der Waals surface area contributed by atoms with Gasteiger partial charge < -0.3 is 39.3 Å². The molecule has 3 saturated heterocycles. The van der Waals surface area contributed by atoms with Crippen molar-refractivity contribution in [3.05, 3.63) is 101 Å². The number of aliphatic hydroxyl groups excluding tert-OH is 1. The van der Waals surface area contributed by atoms with E-state index in [1.165, 1.54) is 17.5 Å². The Kier molecular flexibility index (Phi) is 12.8. The number of phosphoric ester groups is 1. The second-order valence-electron chi connectivity index (χ2n) is 21.9. The van der Waals surface area contributed by atoms with Crippen LogP contribution in [0.25, 0.3) is 11.1 Å². The Morgan fingerprint density at radius 1 is 0.833 bits per heavy atom. The van der Waals surface area contributed by atoms with Gasteiger partial charge in [0.15, 0.2) is 0 Å². The average Bonchev–Trinajstić information content (AvgIpc) is 3.31. The smallest absolute Gasteiger partial charge is 0.471 e. The van der Waals surface area contributed by atoms with E-state index in [9.17, 15) is 43.4 Å². The number of amides is 5. The lowest BCUT2D eigenvalue weighted by Gasteiger charge is -2.46. The highest BCUT2D eigenvalue weighted by Crippen LogP contribution is 2.43. The quantitative estimate of drug-likeness (QED) is 0.0817. The fourth-order valence-electron chi connectivity index (χ4n) is 12.6. The van der Waals surface area contributed by atoms with E-state index in [0.29, 0.717) is 71.1 Å². The van der Waals surface area contributed by atoms with Gasteiger partial charge in [0.2, 0.25) is 11.8 Å². The van der Waals surface area contributed by atoms with Gasteiger partial charge in [-0.05, 0) is 118 Å². The van der Waals surface area contributed by atoms with E-state index in [-0.39, 0.29) is 52.9 Å². The Labute approximate surface area is 455 Å². The molecule has 78 heavy (non-hydrogen) atoms. The fourth-order valence-corrected chi connectivity index (χ4v) is 13.1. The number of rotatable bonds is 13. The molecule has 11 rings (SSSR count). The lowest BCUT2D eigenvalue weighted by molar-refractivity contribution is -0.161. The Morgan fingerprint density at radius 3 is 2.32 bits per heavy atom. The molecule has 3 fully saturated rings. The summed E-state index contributed by atoms with van der Waals surface area (Å²) >= 11 is 0. The van der Waals surface area contributed by atoms with Crippen molar-refractivity contribution in [2.75, 3.05) is 66.3 Å². The van der Waals surface area contributed by atoms with Gasteiger partial charge in [0.1, 0.15) is 35.3 Å². The number of aliphatic hydroxyl groups is 1. The molecule has 0 radical (unpaired) electrons. The molecule has 9 heterocycles. The molecule has 4 N–H and O–H groups in total. The molecule has 5 aromatic rings. The van der Waals surface area contributed by atoms with E-state index >= 15 is 0 Å². The molecule has 5 amide bonds. The lowest BCUT2D eigenvalue weighted by atomic mass is 9.90. The van der Waals surface area contributed by atoms with Gasteiger partial charge in [0.05, 0.1) is 40.3 Å². The minimum absolute atomic E-state index is 0.121. The van der Waals surface area contributed by atoms with Crippen molar-refractivity contribution in [1.82, 2.24) is 34.2 Å². The molecular weight excluding hydrogens is 1020 g/mol. The van der Waals surface area contributed by atoms with Gasteiger partial charge in [-0.2, -0.15) is 0 Å². The number of carbonyl (C=O) groups is 5. The first kappa shape index (κ1) is 49.2. The van der Waals surface area contributed by atoms with Gasteiger partial charge in [-0.1, -0.05) is 13.8 Å². The molecule has 6 aliphatic rings. The number of hydrogen-bond acceptors (Lipinski definition) is 16. The predicted octanol–water partition coefficient (Wildman–Crippen LogP) is 5.68. The summed E-state index contributed by atoms with van der Waals surface area (Å²) < 4.78 is 47.2. The monoisotopic (exact) mass is 1090 g/mol. The van der Waals surface area contributed by atoms with E-state index in [0.717, 1.165) is 68.5 Å². The highest BCUT2D eigenvalue weighted by Gasteiger charge is 2.49. The van der Waals surface area contributed by atoms with Crippen molar-refractivity contribution < 1.29 is 56.8 Å². The first-order chi connectivity index (χ1) is 38.3. The van der Waals surface area contributed by atoms with Crippen molar-refractivity contribution in [2.24, 2.45) is 5.41 Å². The van der Waals surface area contributed by atoms with Gasteiger partial charge in [-0.15, -0.1) is 0 Å². The van der Waals surface area contributed by atoms with Crippen LogP contribution in [0.2, 0.25) is 0 Å². The summed E-state index contributed by atoms with van der Waals surface area (Å²) in [4.78, 5) is 110. The average molecular weight is 1090 g/mol. The standard InChI is InChI=1S/C55H64N11O11P/c1-31-30-61(36-14-17-60(18-15-36)37-7-9-40-41(25-37)52(70)66(51(40)69)43-10-12-47(68)65(54(43)72)33(3)77-78(73,74)75)19-20-62(31)38-8-11-46(57-29-38)59-42-23-35(28-58-50(42)76-6)39-13-16-56-49(48(39)32(2)67)64-22-21-63-44(53(64)71)24-34-26-55(4,5)27-45(34)63/h7-9,11,13,16,23-25,28-29,31-33,36,43,67H,10,12,14-15,17-22,26-27,30H2,1-6H3,(H,57,59)(H2,73,74,75)/t31-,32+,33?,43?/m0/s1/i6D3. The molecule has 22 nitrogen and oxygen atoms in total. The van der Waals surface area contributed by atoms with Crippen LogP contribution >= 0.6 is 7.82 Å². The summed E-state index contributed by atoms with van der Waals surface area (Å²) in [6.45, 7) is 14.0. The molecule has 23 heteroatoms. The van der Waals surface area contributed by atoms with Crippen molar-refractivity contribution in [3.63, 3.8) is 0 Å². The predicted molar refractivity (Wildman–Crippen MR) is 287 cm³/mol. The fraction of sp³-hybridized carbons (Fsp3) is 0.455. The minimum Gasteiger partial charge on any atom is -0.480 e. The third kappa shape index (κ3) is 9.72. The van der Waals surface area contributed by atoms with Crippen molar-refractivity contribution in [1.29, 1.82) is 0 Å². The van der Waals surface area contributed by atoms with Crippen LogP contribution in [0.5, 0.6) is 5.88 Å². The number of phosphoric acid groups is 1.